The zero-order valence-corrected chi connectivity index (χ0v) is 15.5. The minimum atomic E-state index is -0.552. The van der Waals surface area contributed by atoms with E-state index in [1.54, 1.807) is 37.5 Å². The Labute approximate surface area is 158 Å². The minimum Gasteiger partial charge on any atom is -0.497 e. The molecular formula is C20H22N4O3. The molecule has 0 radical (unpaired) electrons. The van der Waals surface area contributed by atoms with E-state index in [0.717, 1.165) is 0 Å². The van der Waals surface area contributed by atoms with Gasteiger partial charge in [0, 0.05) is 18.3 Å². The molecule has 0 saturated heterocycles. The van der Waals surface area contributed by atoms with E-state index in [2.05, 4.69) is 15.3 Å². The first-order valence-electron chi connectivity index (χ1n) is 8.76. The molecule has 1 aromatic rings. The van der Waals surface area contributed by atoms with Crippen LogP contribution in [0.1, 0.15) is 13.8 Å². The number of benzene rings is 1. The molecule has 27 heavy (non-hydrogen) atoms. The Morgan fingerprint density at radius 3 is 2.93 bits per heavy atom. The number of amidine groups is 1. The number of carbonyl (C=O) groups is 2. The topological polar surface area (TPSA) is 83.4 Å². The first-order chi connectivity index (χ1) is 13.0. The average molecular weight is 366 g/mol. The molecule has 1 atom stereocenters. The maximum absolute atomic E-state index is 12.5. The van der Waals surface area contributed by atoms with E-state index in [4.69, 9.17) is 4.74 Å². The molecule has 4 amide bonds. The van der Waals surface area contributed by atoms with E-state index >= 15 is 0 Å². The predicted molar refractivity (Wildman–Crippen MR) is 106 cm³/mol. The van der Waals surface area contributed by atoms with Crippen molar-refractivity contribution >= 4 is 29.3 Å². The fourth-order valence-corrected chi connectivity index (χ4v) is 2.92. The fraction of sp³-hybridized carbons (Fsp3) is 0.300. The van der Waals surface area contributed by atoms with Crippen molar-refractivity contribution in [1.29, 1.82) is 0 Å². The summed E-state index contributed by atoms with van der Waals surface area (Å²) >= 11 is 0. The molecule has 1 unspecified atom stereocenters. The van der Waals surface area contributed by atoms with Crippen LogP contribution in [0.4, 0.5) is 15.3 Å². The number of methoxy groups -OCH3 is 1. The van der Waals surface area contributed by atoms with Crippen molar-refractivity contribution in [2.45, 2.75) is 13.8 Å². The van der Waals surface area contributed by atoms with Gasteiger partial charge in [-0.15, -0.1) is 0 Å². The quantitative estimate of drug-likeness (QED) is 0.877. The molecule has 0 spiro atoms. The van der Waals surface area contributed by atoms with Gasteiger partial charge in [0.25, 0.3) is 0 Å². The Balaban J connectivity index is 1.90. The number of ether oxygens (including phenoxy) is 1. The van der Waals surface area contributed by atoms with Gasteiger partial charge in [0.2, 0.25) is 0 Å². The third kappa shape index (κ3) is 4.31. The van der Waals surface area contributed by atoms with Crippen LogP contribution in [0.25, 0.3) is 0 Å². The summed E-state index contributed by atoms with van der Waals surface area (Å²) in [5.74, 6) is 0.909. The number of nitrogens with zero attached hydrogens (tertiary/aromatic N) is 3. The van der Waals surface area contributed by atoms with Gasteiger partial charge < -0.3 is 10.1 Å². The van der Waals surface area contributed by atoms with Crippen LogP contribution in [0, 0.1) is 11.8 Å². The van der Waals surface area contributed by atoms with Crippen LogP contribution >= 0.6 is 0 Å². The first-order valence-corrected chi connectivity index (χ1v) is 8.76. The van der Waals surface area contributed by atoms with Crippen LogP contribution in [-0.2, 0) is 0 Å². The number of fused-ring (bicyclic) bond motifs is 1. The Kier molecular flexibility index (Phi) is 5.49. The molecule has 0 fully saturated rings. The van der Waals surface area contributed by atoms with Crippen LogP contribution in [0.2, 0.25) is 0 Å². The highest BCUT2D eigenvalue weighted by Gasteiger charge is 2.34. The lowest BCUT2D eigenvalue weighted by molar-refractivity contribution is 0.224. The number of hydrogen-bond donors (Lipinski definition) is 1. The van der Waals surface area contributed by atoms with Gasteiger partial charge in [0.1, 0.15) is 11.6 Å². The third-order valence-corrected chi connectivity index (χ3v) is 4.10. The predicted octanol–water partition coefficient (Wildman–Crippen LogP) is 3.90. The molecule has 1 N–H and O–H groups in total. The summed E-state index contributed by atoms with van der Waals surface area (Å²) < 4.78 is 5.16. The zero-order valence-electron chi connectivity index (χ0n) is 15.5. The summed E-state index contributed by atoms with van der Waals surface area (Å²) in [5.41, 5.74) is 1.16. The van der Waals surface area contributed by atoms with Gasteiger partial charge in [0.15, 0.2) is 0 Å². The van der Waals surface area contributed by atoms with Crippen molar-refractivity contribution in [3.63, 3.8) is 0 Å². The number of aliphatic imine (C=N–C) groups is 2. The van der Waals surface area contributed by atoms with Gasteiger partial charge >= 0.3 is 12.1 Å². The highest BCUT2D eigenvalue weighted by atomic mass is 16.5. The number of amides is 4. The van der Waals surface area contributed by atoms with E-state index < -0.39 is 12.1 Å². The van der Waals surface area contributed by atoms with E-state index in [0.29, 0.717) is 29.5 Å². The summed E-state index contributed by atoms with van der Waals surface area (Å²) in [6, 6.07) is 6.05. The van der Waals surface area contributed by atoms with Crippen molar-refractivity contribution in [2.75, 3.05) is 19.0 Å². The molecule has 0 bridgehead atoms. The van der Waals surface area contributed by atoms with Crippen LogP contribution in [-0.4, -0.2) is 42.2 Å². The van der Waals surface area contributed by atoms with Crippen molar-refractivity contribution < 1.29 is 14.3 Å². The molecule has 140 valence electrons. The average Bonchev–Trinajstić information content (AvgIpc) is 2.64. The summed E-state index contributed by atoms with van der Waals surface area (Å²) in [7, 11) is 1.56. The van der Waals surface area contributed by atoms with Gasteiger partial charge in [-0.1, -0.05) is 38.1 Å². The highest BCUT2D eigenvalue weighted by molar-refractivity contribution is 6.24. The monoisotopic (exact) mass is 366 g/mol. The zero-order chi connectivity index (χ0) is 19.4. The second-order valence-electron chi connectivity index (χ2n) is 6.68. The lowest BCUT2D eigenvalue weighted by Crippen LogP contribution is -2.48. The van der Waals surface area contributed by atoms with Gasteiger partial charge in [-0.2, -0.15) is 9.98 Å². The number of nitrogens with one attached hydrogen (secondary N) is 1. The van der Waals surface area contributed by atoms with E-state index in [-0.39, 0.29) is 11.8 Å². The maximum Gasteiger partial charge on any atom is 0.349 e. The van der Waals surface area contributed by atoms with Crippen LogP contribution in [0.15, 0.2) is 58.6 Å². The maximum atomic E-state index is 12.5. The molecule has 1 aliphatic heterocycles. The van der Waals surface area contributed by atoms with E-state index in [9.17, 15) is 9.59 Å². The normalized spacial score (nSPS) is 19.9. The van der Waals surface area contributed by atoms with Crippen molar-refractivity contribution in [2.24, 2.45) is 21.8 Å². The molecule has 0 saturated carbocycles. The van der Waals surface area contributed by atoms with E-state index in [1.165, 1.54) is 4.90 Å². The number of anilines is 1. The van der Waals surface area contributed by atoms with Gasteiger partial charge in [-0.05, 0) is 24.1 Å². The largest absolute Gasteiger partial charge is 0.497 e. The Bertz CT molecular complexity index is 868. The fourth-order valence-electron chi connectivity index (χ4n) is 2.92. The second kappa shape index (κ2) is 7.99. The molecule has 1 aliphatic carbocycles. The van der Waals surface area contributed by atoms with Gasteiger partial charge in [-0.25, -0.2) is 9.59 Å². The number of rotatable bonds is 4. The van der Waals surface area contributed by atoms with Gasteiger partial charge in [0.05, 0.1) is 18.7 Å². The number of allylic oxidation sites excluding steroid dienone is 3. The molecule has 2 aliphatic rings. The van der Waals surface area contributed by atoms with Crippen molar-refractivity contribution in [3.05, 3.63) is 48.6 Å². The second-order valence-corrected chi connectivity index (χ2v) is 6.68. The van der Waals surface area contributed by atoms with Crippen LogP contribution in [0.5, 0.6) is 5.75 Å². The third-order valence-electron chi connectivity index (χ3n) is 4.10. The number of hydrogen-bond acceptors (Lipinski definition) is 3. The number of urea groups is 2. The van der Waals surface area contributed by atoms with Crippen LogP contribution in [0.3, 0.4) is 0 Å². The standard InChI is InChI=1S/C20H22N4O3/c1-13(2)12-24-18(16-9-4-5-10-17(16)22-20(24)26)23-19(25)21-14-7-6-8-15(11-14)27-3/h4-11,13,16H,12H2,1-3H3,(H,21,25)/b23-18+. The Hall–Kier alpha value is -3.22. The molecule has 3 rings (SSSR count). The molecule has 0 aromatic heterocycles. The lowest BCUT2D eigenvalue weighted by Gasteiger charge is -2.32. The van der Waals surface area contributed by atoms with E-state index in [1.807, 2.05) is 32.1 Å². The smallest absolute Gasteiger partial charge is 0.349 e. The lowest BCUT2D eigenvalue weighted by atomic mass is 9.94. The van der Waals surface area contributed by atoms with Crippen molar-refractivity contribution in [3.8, 4) is 5.75 Å². The Morgan fingerprint density at radius 2 is 2.19 bits per heavy atom. The highest BCUT2D eigenvalue weighted by Crippen LogP contribution is 2.23. The molecular weight excluding hydrogens is 344 g/mol. The Morgan fingerprint density at radius 1 is 1.37 bits per heavy atom. The first kappa shape index (κ1) is 18.6. The SMILES string of the molecule is COc1cccc(NC(=O)/N=C2\C3C=CC=CC3=NC(=O)N2CC(C)C)c1. The summed E-state index contributed by atoms with van der Waals surface area (Å²) in [5, 5.41) is 2.72. The summed E-state index contributed by atoms with van der Waals surface area (Å²) in [6.45, 7) is 4.43. The molecule has 7 nitrogen and oxygen atoms in total. The van der Waals surface area contributed by atoms with Gasteiger partial charge in [-0.3, -0.25) is 4.90 Å². The number of carbonyl (C=O) groups excluding carboxylic acids is 2. The molecule has 1 aromatic carbocycles. The minimum absolute atomic E-state index is 0.209. The molecule has 7 heteroatoms. The van der Waals surface area contributed by atoms with Crippen molar-refractivity contribution in [1.82, 2.24) is 4.90 Å². The molecule has 1 heterocycles. The summed E-state index contributed by atoms with van der Waals surface area (Å²) in [4.78, 5) is 34.8. The summed E-state index contributed by atoms with van der Waals surface area (Å²) in [6.07, 6.45) is 7.33. The van der Waals surface area contributed by atoms with Crippen LogP contribution < -0.4 is 10.1 Å².